The van der Waals surface area contributed by atoms with Gasteiger partial charge < -0.3 is 5.32 Å². The Kier molecular flexibility index (Phi) is 5.33. The average molecular weight is 414 g/mol. The van der Waals surface area contributed by atoms with Crippen molar-refractivity contribution in [1.29, 1.82) is 0 Å². The zero-order valence-corrected chi connectivity index (χ0v) is 17.1. The minimum Gasteiger partial charge on any atom is -0.326 e. The molecule has 0 saturated carbocycles. The number of hydrogen-bond donors (Lipinski definition) is 1. The summed E-state index contributed by atoms with van der Waals surface area (Å²) in [5.41, 5.74) is 5.39. The Labute approximate surface area is 163 Å². The van der Waals surface area contributed by atoms with Crippen molar-refractivity contribution in [3.05, 3.63) is 52.0 Å². The van der Waals surface area contributed by atoms with Crippen molar-refractivity contribution in [2.75, 3.05) is 5.32 Å². The quantitative estimate of drug-likeness (QED) is 0.559. The fraction of sp³-hybridized carbons (Fsp3) is 0.364. The number of rotatable bonds is 6. The van der Waals surface area contributed by atoms with Crippen molar-refractivity contribution in [2.24, 2.45) is 5.41 Å². The molecule has 3 rings (SSSR count). The highest BCUT2D eigenvalue weighted by Crippen LogP contribution is 2.39. The summed E-state index contributed by atoms with van der Waals surface area (Å²) in [6.45, 7) is 5.87. The van der Waals surface area contributed by atoms with Gasteiger partial charge in [0.15, 0.2) is 0 Å². The number of carbonyl (C=O) groups is 2. The van der Waals surface area contributed by atoms with Gasteiger partial charge >= 0.3 is 0 Å². The highest BCUT2D eigenvalue weighted by Gasteiger charge is 2.25. The maximum Gasteiger partial charge on any atom is 0.224 e. The number of Topliss-reactive ketones (excluding diaryl/α,β-unsaturated/α-hetero) is 1. The summed E-state index contributed by atoms with van der Waals surface area (Å²) in [5.74, 6) is 0.0283. The third-order valence-electron chi connectivity index (χ3n) is 5.35. The molecule has 0 radical (unpaired) electrons. The monoisotopic (exact) mass is 413 g/mol. The van der Waals surface area contributed by atoms with E-state index >= 15 is 0 Å². The van der Waals surface area contributed by atoms with Crippen molar-refractivity contribution in [3.63, 3.8) is 0 Å². The molecule has 1 aliphatic rings. The lowest BCUT2D eigenvalue weighted by Gasteiger charge is -2.20. The lowest BCUT2D eigenvalue weighted by molar-refractivity contribution is -0.129. The molecule has 0 aliphatic heterocycles. The molecule has 0 atom stereocenters. The molecule has 2 aromatic carbocycles. The van der Waals surface area contributed by atoms with Crippen LogP contribution in [-0.2, 0) is 16.0 Å². The predicted octanol–water partition coefficient (Wildman–Crippen LogP) is 5.74. The molecule has 1 N–H and O–H groups in total. The minimum atomic E-state index is -0.356. The van der Waals surface area contributed by atoms with Crippen LogP contribution in [0.2, 0.25) is 0 Å². The van der Waals surface area contributed by atoms with Gasteiger partial charge in [-0.15, -0.1) is 0 Å². The number of amides is 1. The Morgan fingerprint density at radius 1 is 1.04 bits per heavy atom. The SMILES string of the molecule is CCC(C)(C)C(=O)CCC(=O)Nc1ccc2c(c1)-c1cc(Br)ccc1C2. The van der Waals surface area contributed by atoms with E-state index in [0.717, 1.165) is 23.0 Å². The summed E-state index contributed by atoms with van der Waals surface area (Å²) in [6.07, 6.45) is 2.22. The van der Waals surface area contributed by atoms with Crippen LogP contribution in [-0.4, -0.2) is 11.7 Å². The molecule has 3 nitrogen and oxygen atoms in total. The summed E-state index contributed by atoms with van der Waals surface area (Å²) in [6, 6.07) is 12.4. The number of hydrogen-bond acceptors (Lipinski definition) is 2. The second-order valence-corrected chi connectivity index (χ2v) is 8.47. The second kappa shape index (κ2) is 7.36. The molecule has 136 valence electrons. The molecule has 4 heteroatoms. The number of benzene rings is 2. The summed E-state index contributed by atoms with van der Waals surface area (Å²) in [5, 5.41) is 2.94. The van der Waals surface area contributed by atoms with Crippen molar-refractivity contribution in [1.82, 2.24) is 0 Å². The number of anilines is 1. The fourth-order valence-electron chi connectivity index (χ4n) is 3.20. The lowest BCUT2D eigenvalue weighted by atomic mass is 9.83. The molecule has 0 heterocycles. The maximum absolute atomic E-state index is 12.3. The zero-order chi connectivity index (χ0) is 18.9. The van der Waals surface area contributed by atoms with Gasteiger partial charge in [0, 0.05) is 28.4 Å². The third-order valence-corrected chi connectivity index (χ3v) is 5.85. The molecule has 1 aliphatic carbocycles. The smallest absolute Gasteiger partial charge is 0.224 e. The summed E-state index contributed by atoms with van der Waals surface area (Å²) < 4.78 is 1.05. The first kappa shape index (κ1) is 18.8. The van der Waals surface area contributed by atoms with Gasteiger partial charge in [-0.1, -0.05) is 48.8 Å². The molecule has 26 heavy (non-hydrogen) atoms. The number of nitrogens with one attached hydrogen (secondary N) is 1. The van der Waals surface area contributed by atoms with Crippen molar-refractivity contribution >= 4 is 33.3 Å². The number of carbonyl (C=O) groups excluding carboxylic acids is 2. The van der Waals surface area contributed by atoms with Crippen LogP contribution in [0.15, 0.2) is 40.9 Å². The van der Waals surface area contributed by atoms with Gasteiger partial charge in [-0.05, 0) is 59.4 Å². The minimum absolute atomic E-state index is 0.113. The number of ketones is 1. The van der Waals surface area contributed by atoms with Crippen molar-refractivity contribution in [3.8, 4) is 11.1 Å². The largest absolute Gasteiger partial charge is 0.326 e. The van der Waals surface area contributed by atoms with Crippen molar-refractivity contribution < 1.29 is 9.59 Å². The van der Waals surface area contributed by atoms with Crippen LogP contribution in [0, 0.1) is 5.41 Å². The van der Waals surface area contributed by atoms with Gasteiger partial charge in [-0.25, -0.2) is 0 Å². The molecule has 0 fully saturated rings. The van der Waals surface area contributed by atoms with E-state index in [0.29, 0.717) is 0 Å². The highest BCUT2D eigenvalue weighted by molar-refractivity contribution is 9.10. The van der Waals surface area contributed by atoms with Gasteiger partial charge in [0.2, 0.25) is 5.91 Å². The summed E-state index contributed by atoms with van der Waals surface area (Å²) >= 11 is 3.53. The molecule has 0 bridgehead atoms. The van der Waals surface area contributed by atoms with Gasteiger partial charge in [-0.3, -0.25) is 9.59 Å². The lowest BCUT2D eigenvalue weighted by Crippen LogP contribution is -2.24. The summed E-state index contributed by atoms with van der Waals surface area (Å²) in [4.78, 5) is 24.5. The van der Waals surface area contributed by atoms with Gasteiger partial charge in [0.25, 0.3) is 0 Å². The molecular weight excluding hydrogens is 390 g/mol. The van der Waals surface area contributed by atoms with E-state index in [-0.39, 0.29) is 29.9 Å². The molecule has 0 aromatic heterocycles. The Bertz CT molecular complexity index is 870. The van der Waals surface area contributed by atoms with E-state index in [4.69, 9.17) is 0 Å². The first-order chi connectivity index (χ1) is 12.3. The van der Waals surface area contributed by atoms with Crippen LogP contribution in [0.1, 0.15) is 51.2 Å². The van der Waals surface area contributed by atoms with Crippen LogP contribution in [0.4, 0.5) is 5.69 Å². The van der Waals surface area contributed by atoms with Crippen LogP contribution in [0.5, 0.6) is 0 Å². The second-order valence-electron chi connectivity index (χ2n) is 7.56. The van der Waals surface area contributed by atoms with E-state index in [1.165, 1.54) is 22.3 Å². The van der Waals surface area contributed by atoms with Crippen LogP contribution in [0.3, 0.4) is 0 Å². The Hall–Kier alpha value is -1.94. The highest BCUT2D eigenvalue weighted by atomic mass is 79.9. The van der Waals surface area contributed by atoms with Gasteiger partial charge in [0.05, 0.1) is 0 Å². The van der Waals surface area contributed by atoms with Crippen LogP contribution < -0.4 is 5.32 Å². The van der Waals surface area contributed by atoms with Crippen LogP contribution >= 0.6 is 15.9 Å². The molecule has 1 amide bonds. The molecule has 2 aromatic rings. The normalized spacial score (nSPS) is 12.5. The average Bonchev–Trinajstić information content (AvgIpc) is 2.97. The predicted molar refractivity (Wildman–Crippen MR) is 109 cm³/mol. The first-order valence-electron chi connectivity index (χ1n) is 9.05. The standard InChI is InChI=1S/C22H24BrNO2/c1-4-22(2,3)20(25)9-10-21(26)24-17-8-6-15-11-14-5-7-16(23)12-18(14)19(15)13-17/h5-8,12-13H,4,9-11H2,1-3H3,(H,24,26). The summed E-state index contributed by atoms with van der Waals surface area (Å²) in [7, 11) is 0. The Morgan fingerprint density at radius 3 is 2.38 bits per heavy atom. The van der Waals surface area contributed by atoms with Crippen LogP contribution in [0.25, 0.3) is 11.1 Å². The number of fused-ring (bicyclic) bond motifs is 3. The van der Waals surface area contributed by atoms with Gasteiger partial charge in [-0.2, -0.15) is 0 Å². The first-order valence-corrected chi connectivity index (χ1v) is 9.84. The zero-order valence-electron chi connectivity index (χ0n) is 15.5. The topological polar surface area (TPSA) is 46.2 Å². The molecule has 0 spiro atoms. The van der Waals surface area contributed by atoms with E-state index in [2.05, 4.69) is 45.5 Å². The Morgan fingerprint density at radius 2 is 1.69 bits per heavy atom. The molecular formula is C22H24BrNO2. The molecule has 0 saturated heterocycles. The molecule has 0 unspecified atom stereocenters. The van der Waals surface area contributed by atoms with Crippen molar-refractivity contribution in [2.45, 2.75) is 46.5 Å². The van der Waals surface area contributed by atoms with E-state index in [1.807, 2.05) is 32.9 Å². The maximum atomic E-state index is 12.3. The van der Waals surface area contributed by atoms with E-state index in [9.17, 15) is 9.59 Å². The number of halogens is 1. The fourth-order valence-corrected chi connectivity index (χ4v) is 3.57. The Balaban J connectivity index is 1.68. The third kappa shape index (κ3) is 3.90. The van der Waals surface area contributed by atoms with Gasteiger partial charge in [0.1, 0.15) is 5.78 Å². The van der Waals surface area contributed by atoms with E-state index < -0.39 is 0 Å². The van der Waals surface area contributed by atoms with E-state index in [1.54, 1.807) is 0 Å².